The van der Waals surface area contributed by atoms with Crippen LogP contribution in [-0.4, -0.2) is 48.1 Å². The van der Waals surface area contributed by atoms with E-state index in [0.29, 0.717) is 16.8 Å². The molecule has 1 aromatic carbocycles. The number of hydrogen-bond acceptors (Lipinski definition) is 5. The van der Waals surface area contributed by atoms with Crippen molar-refractivity contribution >= 4 is 40.6 Å². The van der Waals surface area contributed by atoms with Gasteiger partial charge >= 0.3 is 12.1 Å². The maximum atomic E-state index is 12.8. The molecule has 2 unspecified atom stereocenters. The van der Waals surface area contributed by atoms with E-state index in [-0.39, 0.29) is 17.6 Å². The standard InChI is InChI=1S/C21H22F3N3O2S2/c1-12-18(13-8-10-27(12)11-9-13)26-19(28)16-6-7-17(31-16)30-15-4-2-14(3-5-15)25-20(29)21(22,23)24/h2-7,12-13,18H,8-11H2,1H3,(H,25,29)(H,26,28). The third kappa shape index (κ3) is 5.07. The lowest BCUT2D eigenvalue weighted by Crippen LogP contribution is -2.62. The van der Waals surface area contributed by atoms with Crippen molar-refractivity contribution < 1.29 is 22.8 Å². The normalized spacial score (nSPS) is 25.3. The first-order valence-electron chi connectivity index (χ1n) is 10.0. The van der Waals surface area contributed by atoms with Crippen LogP contribution in [0.5, 0.6) is 0 Å². The molecule has 2 atom stereocenters. The van der Waals surface area contributed by atoms with E-state index in [4.69, 9.17) is 0 Å². The summed E-state index contributed by atoms with van der Waals surface area (Å²) >= 11 is 2.80. The van der Waals surface area contributed by atoms with Gasteiger partial charge in [-0.05, 0) is 75.2 Å². The third-order valence-electron chi connectivity index (χ3n) is 5.87. The van der Waals surface area contributed by atoms with Gasteiger partial charge in [0, 0.05) is 22.7 Å². The molecule has 31 heavy (non-hydrogen) atoms. The van der Waals surface area contributed by atoms with Gasteiger partial charge in [0.1, 0.15) is 0 Å². The average molecular weight is 470 g/mol. The number of hydrogen-bond donors (Lipinski definition) is 2. The molecule has 166 valence electrons. The van der Waals surface area contributed by atoms with Gasteiger partial charge < -0.3 is 10.6 Å². The highest BCUT2D eigenvalue weighted by atomic mass is 32.2. The van der Waals surface area contributed by atoms with Crippen molar-refractivity contribution in [3.8, 4) is 0 Å². The lowest BCUT2D eigenvalue weighted by atomic mass is 9.79. The third-order valence-corrected chi connectivity index (χ3v) is 8.09. The Kier molecular flexibility index (Phi) is 6.32. The maximum absolute atomic E-state index is 12.8. The Labute approximate surface area is 186 Å². The van der Waals surface area contributed by atoms with Crippen LogP contribution >= 0.6 is 23.1 Å². The van der Waals surface area contributed by atoms with Crippen LogP contribution < -0.4 is 10.6 Å². The van der Waals surface area contributed by atoms with E-state index in [9.17, 15) is 22.8 Å². The van der Waals surface area contributed by atoms with Gasteiger partial charge in [-0.3, -0.25) is 14.5 Å². The van der Waals surface area contributed by atoms with Crippen molar-refractivity contribution in [1.82, 2.24) is 10.2 Å². The minimum absolute atomic E-state index is 0.0624. The van der Waals surface area contributed by atoms with Crippen molar-refractivity contribution in [2.24, 2.45) is 5.92 Å². The van der Waals surface area contributed by atoms with Gasteiger partial charge in [-0.2, -0.15) is 13.2 Å². The molecule has 2 amide bonds. The number of thiophene rings is 1. The van der Waals surface area contributed by atoms with E-state index < -0.39 is 12.1 Å². The van der Waals surface area contributed by atoms with Crippen LogP contribution in [0.4, 0.5) is 18.9 Å². The number of nitrogens with zero attached hydrogens (tertiary/aromatic N) is 1. The molecule has 0 saturated carbocycles. The summed E-state index contributed by atoms with van der Waals surface area (Å²) in [4.78, 5) is 27.6. The fourth-order valence-corrected chi connectivity index (χ4v) is 6.20. The molecule has 5 nitrogen and oxygen atoms in total. The summed E-state index contributed by atoms with van der Waals surface area (Å²) in [6, 6.07) is 10.3. The van der Waals surface area contributed by atoms with Gasteiger partial charge in [0.25, 0.3) is 5.91 Å². The van der Waals surface area contributed by atoms with Crippen LogP contribution in [-0.2, 0) is 4.79 Å². The summed E-state index contributed by atoms with van der Waals surface area (Å²) in [7, 11) is 0. The zero-order valence-electron chi connectivity index (χ0n) is 16.7. The molecule has 3 aliphatic heterocycles. The van der Waals surface area contributed by atoms with Crippen molar-refractivity contribution in [3.05, 3.63) is 41.3 Å². The second-order valence-corrected chi connectivity index (χ2v) is 10.3. The molecule has 2 N–H and O–H groups in total. The number of amides is 2. The predicted octanol–water partition coefficient (Wildman–Crippen LogP) is 4.61. The molecule has 4 heterocycles. The summed E-state index contributed by atoms with van der Waals surface area (Å²) in [5.41, 5.74) is 0.0737. The van der Waals surface area contributed by atoms with Crippen LogP contribution in [0.1, 0.15) is 29.4 Å². The lowest BCUT2D eigenvalue weighted by molar-refractivity contribution is -0.167. The molecular formula is C21H22F3N3O2S2. The van der Waals surface area contributed by atoms with E-state index in [0.717, 1.165) is 35.0 Å². The smallest absolute Gasteiger partial charge is 0.347 e. The Morgan fingerprint density at radius 2 is 1.77 bits per heavy atom. The van der Waals surface area contributed by atoms with E-state index in [1.807, 2.05) is 11.4 Å². The Morgan fingerprint density at radius 1 is 1.10 bits per heavy atom. The Bertz CT molecular complexity index is 952. The largest absolute Gasteiger partial charge is 0.471 e. The molecule has 0 aliphatic carbocycles. The lowest BCUT2D eigenvalue weighted by Gasteiger charge is -2.49. The summed E-state index contributed by atoms with van der Waals surface area (Å²) in [5, 5.41) is 5.04. The minimum atomic E-state index is -4.92. The number of benzene rings is 1. The Balaban J connectivity index is 1.34. The molecular weight excluding hydrogens is 447 g/mol. The van der Waals surface area contributed by atoms with Gasteiger partial charge in [-0.25, -0.2) is 0 Å². The van der Waals surface area contributed by atoms with Gasteiger partial charge in [0.15, 0.2) is 0 Å². The molecule has 10 heteroatoms. The molecule has 0 radical (unpaired) electrons. The SMILES string of the molecule is CC1C(NC(=O)c2ccc(Sc3ccc(NC(=O)C(F)(F)F)cc3)s2)C2CCN1CC2. The minimum Gasteiger partial charge on any atom is -0.347 e. The van der Waals surface area contributed by atoms with Crippen LogP contribution in [0.2, 0.25) is 0 Å². The maximum Gasteiger partial charge on any atom is 0.471 e. The van der Waals surface area contributed by atoms with Gasteiger partial charge in [-0.1, -0.05) is 11.8 Å². The Hall–Kier alpha value is -2.04. The van der Waals surface area contributed by atoms with Crippen LogP contribution in [0.25, 0.3) is 0 Å². The summed E-state index contributed by atoms with van der Waals surface area (Å²) in [6.07, 6.45) is -2.67. The zero-order chi connectivity index (χ0) is 22.2. The molecule has 2 bridgehead atoms. The Morgan fingerprint density at radius 3 is 2.39 bits per heavy atom. The highest BCUT2D eigenvalue weighted by Crippen LogP contribution is 2.35. The number of carbonyl (C=O) groups excluding carboxylic acids is 2. The predicted molar refractivity (Wildman–Crippen MR) is 115 cm³/mol. The number of nitrogens with one attached hydrogen (secondary N) is 2. The highest BCUT2D eigenvalue weighted by Gasteiger charge is 2.40. The molecule has 3 fully saturated rings. The first-order chi connectivity index (χ1) is 14.7. The molecule has 0 spiro atoms. The summed E-state index contributed by atoms with van der Waals surface area (Å²) in [6.45, 7) is 4.39. The van der Waals surface area contributed by atoms with Crippen molar-refractivity contribution in [2.45, 2.75) is 47.1 Å². The number of alkyl halides is 3. The number of fused-ring (bicyclic) bond motifs is 3. The molecule has 3 saturated heterocycles. The van der Waals surface area contributed by atoms with E-state index in [2.05, 4.69) is 17.1 Å². The molecule has 2 aromatic rings. The van der Waals surface area contributed by atoms with Crippen molar-refractivity contribution in [2.75, 3.05) is 18.4 Å². The number of carbonyl (C=O) groups is 2. The summed E-state index contributed by atoms with van der Waals surface area (Å²) < 4.78 is 37.9. The quantitative estimate of drug-likeness (QED) is 0.671. The first kappa shape index (κ1) is 22.2. The fraction of sp³-hybridized carbons (Fsp3) is 0.429. The molecule has 3 aliphatic rings. The van der Waals surface area contributed by atoms with Crippen molar-refractivity contribution in [3.63, 3.8) is 0 Å². The second kappa shape index (κ2) is 8.84. The average Bonchev–Trinajstić information content (AvgIpc) is 3.20. The van der Waals surface area contributed by atoms with Crippen molar-refractivity contribution in [1.29, 1.82) is 0 Å². The highest BCUT2D eigenvalue weighted by molar-refractivity contribution is 8.01. The first-order valence-corrected chi connectivity index (χ1v) is 11.6. The fourth-order valence-electron chi connectivity index (χ4n) is 4.19. The summed E-state index contributed by atoms with van der Waals surface area (Å²) in [5.74, 6) is -1.53. The topological polar surface area (TPSA) is 61.4 Å². The molecule has 5 rings (SSSR count). The van der Waals surface area contributed by atoms with E-state index >= 15 is 0 Å². The van der Waals surface area contributed by atoms with Gasteiger partial charge in [0.05, 0.1) is 9.09 Å². The van der Waals surface area contributed by atoms with Crippen LogP contribution in [0.3, 0.4) is 0 Å². The van der Waals surface area contributed by atoms with E-state index in [1.54, 1.807) is 18.2 Å². The monoisotopic (exact) mass is 469 g/mol. The zero-order valence-corrected chi connectivity index (χ0v) is 18.4. The number of halogens is 3. The number of anilines is 1. The molecule has 1 aromatic heterocycles. The van der Waals surface area contributed by atoms with E-state index in [1.165, 1.54) is 35.2 Å². The van der Waals surface area contributed by atoms with Gasteiger partial charge in [-0.15, -0.1) is 11.3 Å². The van der Waals surface area contributed by atoms with Gasteiger partial charge in [0.2, 0.25) is 0 Å². The van der Waals surface area contributed by atoms with Crippen LogP contribution in [0.15, 0.2) is 45.5 Å². The number of piperidine rings is 3. The second-order valence-electron chi connectivity index (χ2n) is 7.81. The van der Waals surface area contributed by atoms with Crippen LogP contribution in [0, 0.1) is 5.92 Å². The number of rotatable bonds is 5.